The van der Waals surface area contributed by atoms with Gasteiger partial charge < -0.3 is 24.8 Å². The van der Waals surface area contributed by atoms with Crippen LogP contribution in [0.4, 0.5) is 11.4 Å². The normalized spacial score (nSPS) is 22.4. The first-order valence-corrected chi connectivity index (χ1v) is 12.2. The number of amides is 1. The molecule has 7 nitrogen and oxygen atoms in total. The van der Waals surface area contributed by atoms with E-state index in [4.69, 9.17) is 26.4 Å². The standard InChI is InChI=1S/C26H24BrN3O4S/c1-26-21(24(31)28-16-10-12-18(32-2)13-11-16)22(19-8-5-9-20(33-3)23(19)34-26)29-25(35)30(26)17-7-4-6-15(27)14-17/h4-14,21-22H,1-3H3,(H,28,31)(H,29,35). The van der Waals surface area contributed by atoms with E-state index in [0.717, 1.165) is 15.7 Å². The molecule has 1 saturated heterocycles. The van der Waals surface area contributed by atoms with E-state index in [-0.39, 0.29) is 5.91 Å². The van der Waals surface area contributed by atoms with Crippen LogP contribution >= 0.6 is 28.1 Å². The predicted molar refractivity (Wildman–Crippen MR) is 142 cm³/mol. The van der Waals surface area contributed by atoms with Crippen molar-refractivity contribution in [3.63, 3.8) is 0 Å². The molecule has 2 aliphatic heterocycles. The van der Waals surface area contributed by atoms with E-state index in [1.807, 2.05) is 54.3 Å². The SMILES string of the molecule is COc1ccc(NC(=O)C2C3NC(=S)N(c4cccc(Br)c4)C2(C)Oc2c(OC)cccc23)cc1. The lowest BCUT2D eigenvalue weighted by Crippen LogP contribution is -2.72. The van der Waals surface area contributed by atoms with Crippen molar-refractivity contribution in [2.75, 3.05) is 24.4 Å². The number of carbonyl (C=O) groups excluding carboxylic acids is 1. The number of rotatable bonds is 5. The summed E-state index contributed by atoms with van der Waals surface area (Å²) >= 11 is 9.35. The molecule has 180 valence electrons. The molecule has 0 radical (unpaired) electrons. The van der Waals surface area contributed by atoms with Gasteiger partial charge in [-0.2, -0.15) is 0 Å². The Morgan fingerprint density at radius 1 is 1.11 bits per heavy atom. The van der Waals surface area contributed by atoms with Gasteiger partial charge in [0.15, 0.2) is 22.3 Å². The van der Waals surface area contributed by atoms with Gasteiger partial charge in [-0.1, -0.05) is 34.1 Å². The van der Waals surface area contributed by atoms with Crippen LogP contribution in [0.25, 0.3) is 0 Å². The van der Waals surface area contributed by atoms with Crippen LogP contribution in [0.2, 0.25) is 0 Å². The van der Waals surface area contributed by atoms with Gasteiger partial charge in [-0.25, -0.2) is 0 Å². The van der Waals surface area contributed by atoms with Gasteiger partial charge in [-0.15, -0.1) is 0 Å². The van der Waals surface area contributed by atoms with Crippen molar-refractivity contribution in [2.45, 2.75) is 18.7 Å². The zero-order chi connectivity index (χ0) is 24.7. The molecule has 0 saturated carbocycles. The number of halogens is 1. The van der Waals surface area contributed by atoms with Crippen molar-refractivity contribution in [1.82, 2.24) is 5.32 Å². The summed E-state index contributed by atoms with van der Waals surface area (Å²) in [6.45, 7) is 1.89. The molecule has 0 aliphatic carbocycles. The first-order chi connectivity index (χ1) is 16.9. The van der Waals surface area contributed by atoms with Gasteiger partial charge in [0, 0.05) is 21.4 Å². The summed E-state index contributed by atoms with van der Waals surface area (Å²) in [5.74, 6) is 1.03. The molecule has 1 fully saturated rings. The van der Waals surface area contributed by atoms with Crippen molar-refractivity contribution in [1.29, 1.82) is 0 Å². The molecular formula is C26H24BrN3O4S. The lowest BCUT2D eigenvalue weighted by molar-refractivity contribution is -0.130. The Balaban J connectivity index is 1.62. The topological polar surface area (TPSA) is 72.1 Å². The Morgan fingerprint density at radius 3 is 2.54 bits per heavy atom. The summed E-state index contributed by atoms with van der Waals surface area (Å²) in [5, 5.41) is 6.93. The molecule has 2 bridgehead atoms. The largest absolute Gasteiger partial charge is 0.497 e. The first-order valence-electron chi connectivity index (χ1n) is 11.0. The average Bonchev–Trinajstić information content (AvgIpc) is 2.83. The quantitative estimate of drug-likeness (QED) is 0.417. The van der Waals surface area contributed by atoms with Crippen molar-refractivity contribution in [3.8, 4) is 17.2 Å². The number of hydrogen-bond acceptors (Lipinski definition) is 5. The minimum absolute atomic E-state index is 0.203. The van der Waals surface area contributed by atoms with E-state index >= 15 is 0 Å². The van der Waals surface area contributed by atoms with Gasteiger partial charge in [0.25, 0.3) is 0 Å². The van der Waals surface area contributed by atoms with E-state index in [1.54, 1.807) is 38.5 Å². The Hall–Kier alpha value is -3.30. The van der Waals surface area contributed by atoms with E-state index in [9.17, 15) is 4.79 Å². The summed E-state index contributed by atoms with van der Waals surface area (Å²) in [6.07, 6.45) is 0. The summed E-state index contributed by atoms with van der Waals surface area (Å²) in [6, 6.07) is 20.2. The highest BCUT2D eigenvalue weighted by molar-refractivity contribution is 9.10. The molecule has 35 heavy (non-hydrogen) atoms. The number of ether oxygens (including phenoxy) is 3. The third-order valence-corrected chi connectivity index (χ3v) is 7.21. The lowest BCUT2D eigenvalue weighted by Gasteiger charge is -2.56. The number of thiocarbonyl (C=S) groups is 1. The van der Waals surface area contributed by atoms with E-state index in [1.165, 1.54) is 0 Å². The first kappa shape index (κ1) is 23.4. The number of nitrogens with zero attached hydrogens (tertiary/aromatic N) is 1. The van der Waals surface area contributed by atoms with Crippen molar-refractivity contribution >= 4 is 50.5 Å². The van der Waals surface area contributed by atoms with Crippen LogP contribution in [0.3, 0.4) is 0 Å². The molecule has 2 aliphatic rings. The third-order valence-electron chi connectivity index (χ3n) is 6.42. The average molecular weight is 554 g/mol. The van der Waals surface area contributed by atoms with Crippen LogP contribution in [-0.2, 0) is 4.79 Å². The molecule has 5 rings (SSSR count). The number of nitrogens with one attached hydrogen (secondary N) is 2. The van der Waals surface area contributed by atoms with Crippen molar-refractivity contribution < 1.29 is 19.0 Å². The van der Waals surface area contributed by atoms with Crippen LogP contribution < -0.4 is 29.7 Å². The summed E-state index contributed by atoms with van der Waals surface area (Å²) in [5.41, 5.74) is 1.11. The minimum atomic E-state index is -1.15. The maximum absolute atomic E-state index is 13.9. The minimum Gasteiger partial charge on any atom is -0.497 e. The summed E-state index contributed by atoms with van der Waals surface area (Å²) in [7, 11) is 3.20. The molecule has 3 aromatic carbocycles. The van der Waals surface area contributed by atoms with Gasteiger partial charge in [0.1, 0.15) is 11.7 Å². The second-order valence-electron chi connectivity index (χ2n) is 8.47. The van der Waals surface area contributed by atoms with Crippen molar-refractivity contribution in [3.05, 3.63) is 76.8 Å². The van der Waals surface area contributed by atoms with E-state index in [0.29, 0.717) is 28.0 Å². The molecule has 0 aromatic heterocycles. The number of benzene rings is 3. The van der Waals surface area contributed by atoms with Gasteiger partial charge >= 0.3 is 0 Å². The van der Waals surface area contributed by atoms with Crippen LogP contribution in [0.15, 0.2) is 71.2 Å². The second kappa shape index (κ2) is 9.05. The second-order valence-corrected chi connectivity index (χ2v) is 9.78. The van der Waals surface area contributed by atoms with Crippen LogP contribution in [0.5, 0.6) is 17.2 Å². The Kier molecular flexibility index (Phi) is 6.06. The molecule has 2 N–H and O–H groups in total. The molecule has 1 amide bonds. The Bertz CT molecular complexity index is 1300. The molecular weight excluding hydrogens is 530 g/mol. The fourth-order valence-electron chi connectivity index (χ4n) is 4.83. The monoisotopic (exact) mass is 553 g/mol. The lowest BCUT2D eigenvalue weighted by atomic mass is 9.78. The highest BCUT2D eigenvalue weighted by atomic mass is 79.9. The van der Waals surface area contributed by atoms with Gasteiger partial charge in [-0.05, 0) is 67.7 Å². The molecule has 3 aromatic rings. The zero-order valence-electron chi connectivity index (χ0n) is 19.4. The smallest absolute Gasteiger partial charge is 0.236 e. The summed E-state index contributed by atoms with van der Waals surface area (Å²) < 4.78 is 18.4. The fraction of sp³-hybridized carbons (Fsp3) is 0.231. The van der Waals surface area contributed by atoms with Gasteiger partial charge in [-0.3, -0.25) is 9.69 Å². The number of methoxy groups -OCH3 is 2. The molecule has 3 atom stereocenters. The number of anilines is 2. The Labute approximate surface area is 217 Å². The molecule has 2 heterocycles. The highest BCUT2D eigenvalue weighted by Gasteiger charge is 2.59. The maximum Gasteiger partial charge on any atom is 0.236 e. The van der Waals surface area contributed by atoms with Crippen molar-refractivity contribution in [2.24, 2.45) is 5.92 Å². The Morgan fingerprint density at radius 2 is 1.86 bits per heavy atom. The highest BCUT2D eigenvalue weighted by Crippen LogP contribution is 2.52. The third kappa shape index (κ3) is 3.98. The van der Waals surface area contributed by atoms with Crippen LogP contribution in [0, 0.1) is 5.92 Å². The van der Waals surface area contributed by atoms with E-state index in [2.05, 4.69) is 26.6 Å². The number of carbonyl (C=O) groups is 1. The zero-order valence-corrected chi connectivity index (χ0v) is 21.8. The van der Waals surface area contributed by atoms with Gasteiger partial charge in [0.05, 0.1) is 20.3 Å². The van der Waals surface area contributed by atoms with E-state index < -0.39 is 17.7 Å². The van der Waals surface area contributed by atoms with Crippen LogP contribution in [0.1, 0.15) is 18.5 Å². The summed E-state index contributed by atoms with van der Waals surface area (Å²) in [4.78, 5) is 15.7. The number of para-hydroxylation sites is 1. The predicted octanol–water partition coefficient (Wildman–Crippen LogP) is 5.27. The van der Waals surface area contributed by atoms with Crippen LogP contribution in [-0.4, -0.2) is 31.0 Å². The van der Waals surface area contributed by atoms with Gasteiger partial charge in [0.2, 0.25) is 5.91 Å². The molecule has 9 heteroatoms. The number of hydrogen-bond donors (Lipinski definition) is 2. The molecule has 3 unspecified atom stereocenters. The molecule has 0 spiro atoms. The number of fused-ring (bicyclic) bond motifs is 4. The fourth-order valence-corrected chi connectivity index (χ4v) is 5.63. The maximum atomic E-state index is 13.9.